The van der Waals surface area contributed by atoms with Crippen molar-refractivity contribution in [1.82, 2.24) is 5.32 Å². The molecule has 0 fully saturated rings. The van der Waals surface area contributed by atoms with Gasteiger partial charge in [-0.1, -0.05) is 20.8 Å². The van der Waals surface area contributed by atoms with Gasteiger partial charge in [0, 0.05) is 19.4 Å². The Morgan fingerprint density at radius 2 is 1.80 bits per heavy atom. The molecule has 6 nitrogen and oxygen atoms in total. The highest BCUT2D eigenvalue weighted by Crippen LogP contribution is 2.31. The van der Waals surface area contributed by atoms with Crippen LogP contribution in [0.15, 0.2) is 0 Å². The molecule has 0 aliphatic carbocycles. The van der Waals surface area contributed by atoms with Crippen LogP contribution in [0, 0.1) is 11.3 Å². The van der Waals surface area contributed by atoms with Crippen molar-refractivity contribution in [3.63, 3.8) is 0 Å². The second-order valence-corrected chi connectivity index (χ2v) is 6.15. The van der Waals surface area contributed by atoms with Gasteiger partial charge in [-0.05, 0) is 30.7 Å². The van der Waals surface area contributed by atoms with Crippen LogP contribution < -0.4 is 11.1 Å². The smallest absolute Gasteiger partial charge is 0.326 e. The maximum absolute atomic E-state index is 11.8. The van der Waals surface area contributed by atoms with Crippen molar-refractivity contribution in [2.24, 2.45) is 17.1 Å². The zero-order chi connectivity index (χ0) is 15.8. The van der Waals surface area contributed by atoms with Gasteiger partial charge < -0.3 is 21.3 Å². The highest BCUT2D eigenvalue weighted by molar-refractivity contribution is 5.83. The van der Waals surface area contributed by atoms with Gasteiger partial charge in [0.05, 0.1) is 0 Å². The van der Waals surface area contributed by atoms with Gasteiger partial charge in [0.25, 0.3) is 0 Å². The Balaban J connectivity index is 4.34. The van der Waals surface area contributed by atoms with Gasteiger partial charge >= 0.3 is 5.97 Å². The molecule has 6 heteroatoms. The van der Waals surface area contributed by atoms with Gasteiger partial charge in [-0.2, -0.15) is 0 Å². The molecule has 20 heavy (non-hydrogen) atoms. The Labute approximate surface area is 120 Å². The van der Waals surface area contributed by atoms with Gasteiger partial charge in [0.1, 0.15) is 6.04 Å². The van der Waals surface area contributed by atoms with E-state index in [2.05, 4.69) is 26.1 Å². The molecular formula is C14H28N2O4. The van der Waals surface area contributed by atoms with Crippen molar-refractivity contribution in [2.75, 3.05) is 13.2 Å². The molecule has 0 aliphatic heterocycles. The molecule has 0 aromatic rings. The third kappa shape index (κ3) is 7.45. The summed E-state index contributed by atoms with van der Waals surface area (Å²) in [7, 11) is 0. The third-order valence-corrected chi connectivity index (χ3v) is 3.51. The van der Waals surface area contributed by atoms with Crippen molar-refractivity contribution >= 4 is 11.9 Å². The lowest BCUT2D eigenvalue weighted by Gasteiger charge is -2.30. The Hall–Kier alpha value is -1.14. The molecule has 0 rings (SSSR count). The molecule has 118 valence electrons. The number of rotatable bonds is 9. The van der Waals surface area contributed by atoms with E-state index in [4.69, 9.17) is 15.9 Å². The molecule has 0 heterocycles. The van der Waals surface area contributed by atoms with E-state index in [1.165, 1.54) is 0 Å². The zero-order valence-corrected chi connectivity index (χ0v) is 12.7. The summed E-state index contributed by atoms with van der Waals surface area (Å²) in [5.41, 5.74) is 5.65. The summed E-state index contributed by atoms with van der Waals surface area (Å²) in [4.78, 5) is 22.7. The minimum absolute atomic E-state index is 0.0204. The molecule has 0 aromatic carbocycles. The lowest BCUT2D eigenvalue weighted by atomic mass is 9.76. The molecule has 0 aliphatic rings. The second-order valence-electron chi connectivity index (χ2n) is 6.15. The van der Waals surface area contributed by atoms with Gasteiger partial charge in [-0.15, -0.1) is 0 Å². The molecule has 0 bridgehead atoms. The van der Waals surface area contributed by atoms with Gasteiger partial charge in [-0.25, -0.2) is 4.79 Å². The summed E-state index contributed by atoms with van der Waals surface area (Å²) in [5.74, 6) is -1.10. The SMILES string of the molecule is CC(C)(C)C(CCN)CCC(=O)N[C@H](CCO)C(=O)O. The van der Waals surface area contributed by atoms with E-state index in [1.54, 1.807) is 0 Å². The molecular weight excluding hydrogens is 260 g/mol. The summed E-state index contributed by atoms with van der Waals surface area (Å²) in [6, 6.07) is -1.02. The minimum Gasteiger partial charge on any atom is -0.480 e. The summed E-state index contributed by atoms with van der Waals surface area (Å²) in [5, 5.41) is 20.1. The van der Waals surface area contributed by atoms with E-state index in [1.807, 2.05) is 0 Å². The van der Waals surface area contributed by atoms with E-state index in [0.29, 0.717) is 18.9 Å². The van der Waals surface area contributed by atoms with Crippen LogP contribution in [0.25, 0.3) is 0 Å². The van der Waals surface area contributed by atoms with E-state index in [0.717, 1.165) is 6.42 Å². The van der Waals surface area contributed by atoms with Crippen LogP contribution in [0.4, 0.5) is 0 Å². The predicted molar refractivity (Wildman–Crippen MR) is 77.1 cm³/mol. The Morgan fingerprint density at radius 1 is 1.20 bits per heavy atom. The van der Waals surface area contributed by atoms with E-state index >= 15 is 0 Å². The summed E-state index contributed by atoms with van der Waals surface area (Å²) < 4.78 is 0. The monoisotopic (exact) mass is 288 g/mol. The third-order valence-electron chi connectivity index (χ3n) is 3.51. The van der Waals surface area contributed by atoms with Crippen LogP contribution in [0.3, 0.4) is 0 Å². The van der Waals surface area contributed by atoms with Crippen molar-refractivity contribution in [3.8, 4) is 0 Å². The van der Waals surface area contributed by atoms with E-state index < -0.39 is 12.0 Å². The molecule has 0 spiro atoms. The van der Waals surface area contributed by atoms with E-state index in [-0.39, 0.29) is 30.8 Å². The number of nitrogens with one attached hydrogen (secondary N) is 1. The second kappa shape index (κ2) is 8.92. The van der Waals surface area contributed by atoms with Crippen LogP contribution in [-0.2, 0) is 9.59 Å². The van der Waals surface area contributed by atoms with E-state index in [9.17, 15) is 9.59 Å². The summed E-state index contributed by atoms with van der Waals surface area (Å²) in [6.07, 6.45) is 1.82. The molecule has 1 unspecified atom stereocenters. The lowest BCUT2D eigenvalue weighted by Crippen LogP contribution is -2.41. The van der Waals surface area contributed by atoms with Crippen LogP contribution >= 0.6 is 0 Å². The topological polar surface area (TPSA) is 113 Å². The molecule has 0 saturated heterocycles. The van der Waals surface area contributed by atoms with Crippen molar-refractivity contribution in [3.05, 3.63) is 0 Å². The fraction of sp³-hybridized carbons (Fsp3) is 0.857. The predicted octanol–water partition coefficient (Wildman–Crippen LogP) is 0.730. The molecule has 1 amide bonds. The molecule has 2 atom stereocenters. The maximum Gasteiger partial charge on any atom is 0.326 e. The van der Waals surface area contributed by atoms with Crippen LogP contribution in [0.5, 0.6) is 0 Å². The molecule has 0 aromatic heterocycles. The van der Waals surface area contributed by atoms with Gasteiger partial charge in [0.2, 0.25) is 5.91 Å². The molecule has 0 saturated carbocycles. The number of carboxylic acids is 1. The quantitative estimate of drug-likeness (QED) is 0.499. The average molecular weight is 288 g/mol. The number of aliphatic hydroxyl groups is 1. The Morgan fingerprint density at radius 3 is 2.20 bits per heavy atom. The first-order chi connectivity index (χ1) is 9.22. The summed E-state index contributed by atoms with van der Waals surface area (Å²) in [6.45, 7) is 6.63. The van der Waals surface area contributed by atoms with Crippen molar-refractivity contribution < 1.29 is 19.8 Å². The Kier molecular flexibility index (Phi) is 8.41. The number of carbonyl (C=O) groups excluding carboxylic acids is 1. The first-order valence-corrected chi connectivity index (χ1v) is 7.05. The number of hydrogen-bond donors (Lipinski definition) is 4. The molecule has 0 radical (unpaired) electrons. The normalized spacial score (nSPS) is 14.7. The standard InChI is InChI=1S/C14H28N2O4/c1-14(2,3)10(6-8-15)4-5-12(18)16-11(7-9-17)13(19)20/h10-11,17H,4-9,15H2,1-3H3,(H,16,18)(H,19,20)/t10?,11-/m1/s1. The van der Waals surface area contributed by atoms with Crippen LogP contribution in [0.1, 0.15) is 46.5 Å². The fourth-order valence-corrected chi connectivity index (χ4v) is 2.17. The van der Waals surface area contributed by atoms with Crippen LogP contribution in [-0.4, -0.2) is 41.3 Å². The van der Waals surface area contributed by atoms with Crippen molar-refractivity contribution in [1.29, 1.82) is 0 Å². The number of nitrogens with two attached hydrogens (primary N) is 1. The first-order valence-electron chi connectivity index (χ1n) is 7.05. The zero-order valence-electron chi connectivity index (χ0n) is 12.7. The number of hydrogen-bond acceptors (Lipinski definition) is 4. The highest BCUT2D eigenvalue weighted by Gasteiger charge is 2.25. The highest BCUT2D eigenvalue weighted by atomic mass is 16.4. The number of amides is 1. The maximum atomic E-state index is 11.8. The first kappa shape index (κ1) is 18.9. The number of carbonyl (C=O) groups is 2. The summed E-state index contributed by atoms with van der Waals surface area (Å²) >= 11 is 0. The van der Waals surface area contributed by atoms with Gasteiger partial charge in [-0.3, -0.25) is 4.79 Å². The minimum atomic E-state index is -1.12. The van der Waals surface area contributed by atoms with Crippen molar-refractivity contribution in [2.45, 2.75) is 52.5 Å². The van der Waals surface area contributed by atoms with Crippen LogP contribution in [0.2, 0.25) is 0 Å². The van der Waals surface area contributed by atoms with Gasteiger partial charge in [0.15, 0.2) is 0 Å². The average Bonchev–Trinajstić information content (AvgIpc) is 2.32. The number of aliphatic carboxylic acids is 1. The fourth-order valence-electron chi connectivity index (χ4n) is 2.17. The molecule has 5 N–H and O–H groups in total. The Bertz CT molecular complexity index is 313. The number of aliphatic hydroxyl groups excluding tert-OH is 1. The lowest BCUT2D eigenvalue weighted by molar-refractivity contribution is -0.142. The largest absolute Gasteiger partial charge is 0.480 e. The number of carboxylic acid groups (broad SMARTS) is 1.